The average Bonchev–Trinajstić information content (AvgIpc) is 2.99. The van der Waals surface area contributed by atoms with Crippen LogP contribution in [0.1, 0.15) is 38.0 Å². The van der Waals surface area contributed by atoms with Crippen LogP contribution in [0.15, 0.2) is 91.8 Å². The summed E-state index contributed by atoms with van der Waals surface area (Å²) in [4.78, 5) is 48.9. The van der Waals surface area contributed by atoms with Crippen LogP contribution in [-0.2, 0) is 14.2 Å². The normalized spacial score (nSPS) is 9.00. The summed E-state index contributed by atoms with van der Waals surface area (Å²) in [5, 5.41) is 7.32. The number of nitriles is 1. The second-order valence-corrected chi connectivity index (χ2v) is 8.97. The van der Waals surface area contributed by atoms with Gasteiger partial charge >= 0.3 is 46.2 Å². The van der Waals surface area contributed by atoms with Gasteiger partial charge in [0.25, 0.3) is 0 Å². The van der Waals surface area contributed by atoms with E-state index in [1.54, 1.807) is 6.07 Å². The Morgan fingerprint density at radius 3 is 1.05 bits per heavy atom. The van der Waals surface area contributed by atoms with E-state index in [0.717, 1.165) is 0 Å². The van der Waals surface area contributed by atoms with Gasteiger partial charge in [0.1, 0.15) is 17.2 Å². The molecule has 0 saturated heterocycles. The Labute approximate surface area is 276 Å². The fourth-order valence-electron chi connectivity index (χ4n) is 2.68. The summed E-state index contributed by atoms with van der Waals surface area (Å²) < 4.78 is 15.4. The van der Waals surface area contributed by atoms with Gasteiger partial charge in [-0.25, -0.2) is 14.4 Å². The van der Waals surface area contributed by atoms with E-state index in [2.05, 4.69) is 43.3 Å². The number of pyridine rings is 3. The van der Waals surface area contributed by atoms with Crippen molar-refractivity contribution in [3.8, 4) is 23.3 Å². The van der Waals surface area contributed by atoms with Gasteiger partial charge in [0, 0.05) is 62.3 Å². The number of nitrogens with zero attached hydrogens (tertiary/aromatic N) is 4. The molecule has 11 nitrogen and oxygen atoms in total. The number of carbonyl (C=O) groups excluding carboxylic acids is 3. The maximum absolute atomic E-state index is 12.4. The van der Waals surface area contributed by atoms with Crippen LogP contribution in [0.4, 0.5) is 0 Å². The van der Waals surface area contributed by atoms with Crippen LogP contribution in [-0.4, -0.2) is 42.6 Å². The number of alkyl halides is 3. The van der Waals surface area contributed by atoms with Crippen LogP contribution in [0.5, 0.6) is 17.2 Å². The molecular formula is C27H21BrCl3CuN4O7. The molecule has 4 aromatic rings. The Hall–Kier alpha value is -3.60. The summed E-state index contributed by atoms with van der Waals surface area (Å²) in [6.07, 6.45) is 8.70. The van der Waals surface area contributed by atoms with Crippen LogP contribution >= 0.6 is 48.9 Å². The summed E-state index contributed by atoms with van der Waals surface area (Å²) in [7, 11) is 0. The zero-order valence-electron chi connectivity index (χ0n) is 21.8. The molecule has 16 heteroatoms. The molecule has 43 heavy (non-hydrogen) atoms. The Bertz CT molecular complexity index is 1280. The van der Waals surface area contributed by atoms with E-state index in [0.29, 0.717) is 0 Å². The summed E-state index contributed by atoms with van der Waals surface area (Å²) in [6.45, 7) is 1.43. The molecule has 0 aliphatic heterocycles. The number of ether oxygens (including phenoxy) is 3. The molecular weight excluding hydrogens is 742 g/mol. The minimum atomic E-state index is -0.750. The summed E-state index contributed by atoms with van der Waals surface area (Å²) in [5.74, 6) is -1.97. The standard InChI is InChI=1S/C24H15N3O6.C2H3N.CHCl3.BrH.Cu.H2O/c28-22(16-1-7-25-8-2-16)31-19-13-20(32-23(29)17-3-9-26-10-4-17)15-21(14-19)33-24(30)18-5-11-27-12-6-18;1-2-3;2-1(3)4;;;/h1-15H;1H3;1H;1H;;1H2/q;;;;+1;/p-1. The van der Waals surface area contributed by atoms with Crippen LogP contribution in [0.25, 0.3) is 0 Å². The topological polar surface area (TPSA) is 173 Å². The van der Waals surface area contributed by atoms with Crippen molar-refractivity contribution in [3.05, 3.63) is 108 Å². The Morgan fingerprint density at radius 1 is 0.674 bits per heavy atom. The number of rotatable bonds is 6. The number of benzene rings is 1. The number of esters is 3. The van der Waals surface area contributed by atoms with Gasteiger partial charge in [0.15, 0.2) is 4.30 Å². The average molecular weight is 763 g/mol. The van der Waals surface area contributed by atoms with E-state index in [1.165, 1.54) is 98.7 Å². The first-order valence-corrected chi connectivity index (χ1v) is 14.7. The molecule has 0 atom stereocenters. The Morgan fingerprint density at radius 2 is 0.860 bits per heavy atom. The number of carbonyl (C=O) groups is 3. The zero-order valence-corrected chi connectivity index (χ0v) is 26.6. The molecule has 0 unspecified atom stereocenters. The molecule has 0 fully saturated rings. The quantitative estimate of drug-likeness (QED) is 0.0972. The Kier molecular flexibility index (Phi) is 21.0. The monoisotopic (exact) mass is 760 g/mol. The van der Waals surface area contributed by atoms with Crippen LogP contribution in [0, 0.1) is 11.3 Å². The fourth-order valence-corrected chi connectivity index (χ4v) is 2.68. The van der Waals surface area contributed by atoms with Gasteiger partial charge in [0.05, 0.1) is 22.8 Å². The predicted octanol–water partition coefficient (Wildman–Crippen LogP) is 6.06. The molecule has 0 aliphatic rings. The van der Waals surface area contributed by atoms with Crippen LogP contribution in [0.3, 0.4) is 0 Å². The van der Waals surface area contributed by atoms with Crippen molar-refractivity contribution in [1.29, 1.82) is 5.26 Å². The third kappa shape index (κ3) is 16.0. The van der Waals surface area contributed by atoms with E-state index < -0.39 is 22.2 Å². The van der Waals surface area contributed by atoms with E-state index in [4.69, 9.17) is 54.3 Å². The first-order chi connectivity index (χ1) is 20.2. The molecule has 3 aromatic heterocycles. The Balaban J connectivity index is 0.00000158. The van der Waals surface area contributed by atoms with Crippen molar-refractivity contribution < 1.29 is 48.3 Å². The van der Waals surface area contributed by atoms with E-state index in [-0.39, 0.29) is 39.4 Å². The molecule has 3 heterocycles. The van der Waals surface area contributed by atoms with Crippen LogP contribution in [0.2, 0.25) is 0 Å². The van der Waals surface area contributed by atoms with E-state index >= 15 is 0 Å². The second kappa shape index (κ2) is 22.9. The fraction of sp³-hybridized carbons (Fsp3) is 0.0741. The summed E-state index contributed by atoms with van der Waals surface area (Å²) in [5.41, 5.74) is 0.790. The van der Waals surface area contributed by atoms with Crippen molar-refractivity contribution in [1.82, 2.24) is 15.0 Å². The van der Waals surface area contributed by atoms with Crippen molar-refractivity contribution in [2.75, 3.05) is 0 Å². The summed E-state index contributed by atoms with van der Waals surface area (Å²) >= 11 is 20.9. The van der Waals surface area contributed by atoms with Crippen molar-refractivity contribution in [2.24, 2.45) is 0 Å². The molecule has 0 radical (unpaired) electrons. The van der Waals surface area contributed by atoms with Gasteiger partial charge in [-0.3, -0.25) is 15.0 Å². The molecule has 0 aliphatic carbocycles. The number of hydrogen-bond acceptors (Lipinski definition) is 10. The van der Waals surface area contributed by atoms with Crippen LogP contribution < -0.4 is 14.2 Å². The molecule has 2 N–H and O–H groups in total. The summed E-state index contributed by atoms with van der Waals surface area (Å²) in [6, 6.07) is 14.7. The van der Waals surface area contributed by atoms with Gasteiger partial charge in [-0.05, 0) is 36.4 Å². The molecule has 4 rings (SSSR count). The van der Waals surface area contributed by atoms with E-state index in [1.807, 2.05) is 0 Å². The number of hydrogen-bond donors (Lipinski definition) is 0. The minimum absolute atomic E-state index is 0. The molecule has 0 bridgehead atoms. The SMILES string of the molecule is CC#N.ClC(Cl)Cl.O.O=C(Oc1cc(OC(=O)c2ccncc2)cc(OC(=O)c2ccncc2)c1)c1ccncc1.[Cu][Br]. The third-order valence-electron chi connectivity index (χ3n) is 4.23. The van der Waals surface area contributed by atoms with Gasteiger partial charge in [-0.2, -0.15) is 5.26 Å². The van der Waals surface area contributed by atoms with Gasteiger partial charge in [-0.1, -0.05) is 34.8 Å². The van der Waals surface area contributed by atoms with Gasteiger partial charge in [-0.15, -0.1) is 0 Å². The molecule has 0 amide bonds. The molecule has 230 valence electrons. The van der Waals surface area contributed by atoms with E-state index in [9.17, 15) is 14.4 Å². The van der Waals surface area contributed by atoms with Crippen molar-refractivity contribution in [3.63, 3.8) is 0 Å². The molecule has 0 spiro atoms. The van der Waals surface area contributed by atoms with Gasteiger partial charge < -0.3 is 19.7 Å². The first-order valence-electron chi connectivity index (χ1n) is 11.1. The number of aromatic nitrogens is 3. The van der Waals surface area contributed by atoms with Crippen molar-refractivity contribution in [2.45, 2.75) is 11.2 Å². The van der Waals surface area contributed by atoms with Crippen molar-refractivity contribution >= 4 is 66.8 Å². The zero-order chi connectivity index (χ0) is 31.3. The third-order valence-corrected chi connectivity index (χ3v) is 4.23. The molecule has 1 aromatic carbocycles. The maximum atomic E-state index is 12.4. The number of halogens is 4. The molecule has 0 saturated carbocycles. The predicted molar refractivity (Wildman–Crippen MR) is 159 cm³/mol. The van der Waals surface area contributed by atoms with Gasteiger partial charge in [0.2, 0.25) is 0 Å². The second-order valence-electron chi connectivity index (χ2n) is 6.99. The first kappa shape index (κ1) is 39.4.